The van der Waals surface area contributed by atoms with Crippen LogP contribution in [0.3, 0.4) is 0 Å². The van der Waals surface area contributed by atoms with Crippen LogP contribution in [0.15, 0.2) is 48.5 Å². The summed E-state index contributed by atoms with van der Waals surface area (Å²) >= 11 is 6.20. The highest BCUT2D eigenvalue weighted by atomic mass is 35.5. The first kappa shape index (κ1) is 18.0. The van der Waals surface area contributed by atoms with Gasteiger partial charge in [0.1, 0.15) is 6.54 Å². The number of nitrogens with one attached hydrogen (secondary N) is 2. The zero-order chi connectivity index (χ0) is 18.8. The molecule has 2 saturated heterocycles. The molecular weight excluding hydrogens is 364 g/mol. The number of benzene rings is 2. The van der Waals surface area contributed by atoms with E-state index < -0.39 is 0 Å². The van der Waals surface area contributed by atoms with Crippen molar-refractivity contribution < 1.29 is 9.59 Å². The number of carbonyl (C=O) groups is 2. The number of piperazine rings is 1. The summed E-state index contributed by atoms with van der Waals surface area (Å²) in [7, 11) is 0. The Balaban J connectivity index is 1.43. The third kappa shape index (κ3) is 3.69. The van der Waals surface area contributed by atoms with E-state index in [0.29, 0.717) is 29.4 Å². The van der Waals surface area contributed by atoms with Crippen molar-refractivity contribution in [1.82, 2.24) is 15.8 Å². The first-order valence-corrected chi connectivity index (χ1v) is 9.44. The van der Waals surface area contributed by atoms with Crippen LogP contribution in [0.5, 0.6) is 0 Å². The molecule has 2 aliphatic heterocycles. The van der Waals surface area contributed by atoms with Crippen LogP contribution in [0.2, 0.25) is 5.02 Å². The van der Waals surface area contributed by atoms with Gasteiger partial charge in [-0.05, 0) is 36.2 Å². The number of carbonyl (C=O) groups excluding carboxylic acids is 2. The predicted octanol–water partition coefficient (Wildman–Crippen LogP) is 2.37. The second-order valence-corrected chi connectivity index (χ2v) is 7.17. The maximum atomic E-state index is 12.8. The molecule has 2 aliphatic rings. The van der Waals surface area contributed by atoms with E-state index in [2.05, 4.69) is 10.9 Å². The molecule has 4 rings (SSSR count). The molecule has 1 unspecified atom stereocenters. The molecule has 0 saturated carbocycles. The van der Waals surface area contributed by atoms with Crippen molar-refractivity contribution in [3.05, 3.63) is 64.7 Å². The van der Waals surface area contributed by atoms with Gasteiger partial charge in [0.05, 0.1) is 10.7 Å². The SMILES string of the molecule is O=C(c1ccc(C2CCNN2)cc1)N1CCN(c2ccccc2Cl)C(=O)C1. The summed E-state index contributed by atoms with van der Waals surface area (Å²) in [6.45, 7) is 1.90. The van der Waals surface area contributed by atoms with Gasteiger partial charge in [0.2, 0.25) is 5.91 Å². The Morgan fingerprint density at radius 3 is 2.52 bits per heavy atom. The number of anilines is 1. The molecule has 2 amide bonds. The minimum absolute atomic E-state index is 0.0555. The lowest BCUT2D eigenvalue weighted by atomic mass is 10.0. The Labute approximate surface area is 163 Å². The Morgan fingerprint density at radius 1 is 1.07 bits per heavy atom. The van der Waals surface area contributed by atoms with Gasteiger partial charge in [-0.1, -0.05) is 35.9 Å². The van der Waals surface area contributed by atoms with Crippen molar-refractivity contribution in [2.24, 2.45) is 0 Å². The van der Waals surface area contributed by atoms with Crippen LogP contribution >= 0.6 is 11.6 Å². The predicted molar refractivity (Wildman–Crippen MR) is 105 cm³/mol. The van der Waals surface area contributed by atoms with Crippen LogP contribution in [-0.2, 0) is 4.79 Å². The Morgan fingerprint density at radius 2 is 1.85 bits per heavy atom. The number of amides is 2. The zero-order valence-corrected chi connectivity index (χ0v) is 15.6. The maximum Gasteiger partial charge on any atom is 0.254 e. The fraction of sp³-hybridized carbons (Fsp3) is 0.300. The number of hydrazine groups is 1. The van der Waals surface area contributed by atoms with E-state index in [1.807, 2.05) is 42.5 Å². The molecular formula is C20H21ClN4O2. The van der Waals surface area contributed by atoms with Gasteiger partial charge in [-0.15, -0.1) is 0 Å². The monoisotopic (exact) mass is 384 g/mol. The summed E-state index contributed by atoms with van der Waals surface area (Å²) in [6.07, 6.45) is 1.02. The number of halogens is 1. The fourth-order valence-corrected chi connectivity index (χ4v) is 3.78. The quantitative estimate of drug-likeness (QED) is 0.852. The van der Waals surface area contributed by atoms with E-state index >= 15 is 0 Å². The summed E-state index contributed by atoms with van der Waals surface area (Å²) in [5.74, 6) is -0.244. The third-order valence-corrected chi connectivity index (χ3v) is 5.37. The van der Waals surface area contributed by atoms with Crippen molar-refractivity contribution in [3.8, 4) is 0 Å². The minimum Gasteiger partial charge on any atom is -0.328 e. The summed E-state index contributed by atoms with van der Waals surface area (Å²) < 4.78 is 0. The lowest BCUT2D eigenvalue weighted by Gasteiger charge is -2.34. The van der Waals surface area contributed by atoms with Gasteiger partial charge in [-0.3, -0.25) is 20.4 Å². The number of para-hydroxylation sites is 1. The molecule has 0 aliphatic carbocycles. The van der Waals surface area contributed by atoms with Gasteiger partial charge in [0.25, 0.3) is 5.91 Å². The van der Waals surface area contributed by atoms with E-state index in [0.717, 1.165) is 18.5 Å². The van der Waals surface area contributed by atoms with Crippen LogP contribution < -0.4 is 15.8 Å². The van der Waals surface area contributed by atoms with Gasteiger partial charge in [0.15, 0.2) is 0 Å². The third-order valence-electron chi connectivity index (χ3n) is 5.05. The normalized spacial score (nSPS) is 20.2. The highest BCUT2D eigenvalue weighted by Crippen LogP contribution is 2.27. The fourth-order valence-electron chi connectivity index (χ4n) is 3.55. The summed E-state index contributed by atoms with van der Waals surface area (Å²) in [4.78, 5) is 28.6. The standard InChI is InChI=1S/C20H21ClN4O2/c21-16-3-1-2-4-18(16)25-12-11-24(13-19(25)26)20(27)15-7-5-14(6-8-15)17-9-10-22-23-17/h1-8,17,22-23H,9-13H2. The molecule has 1 atom stereocenters. The molecule has 0 radical (unpaired) electrons. The number of nitrogens with zero attached hydrogens (tertiary/aromatic N) is 2. The highest BCUT2D eigenvalue weighted by molar-refractivity contribution is 6.33. The van der Waals surface area contributed by atoms with E-state index in [1.54, 1.807) is 15.9 Å². The van der Waals surface area contributed by atoms with Gasteiger partial charge >= 0.3 is 0 Å². The molecule has 7 heteroatoms. The van der Waals surface area contributed by atoms with Gasteiger partial charge in [-0.2, -0.15) is 0 Å². The lowest BCUT2D eigenvalue weighted by Crippen LogP contribution is -2.52. The lowest BCUT2D eigenvalue weighted by molar-refractivity contribution is -0.120. The van der Waals surface area contributed by atoms with Crippen molar-refractivity contribution in [2.75, 3.05) is 31.1 Å². The number of rotatable bonds is 3. The first-order chi connectivity index (χ1) is 13.1. The molecule has 2 N–H and O–H groups in total. The van der Waals surface area contributed by atoms with Gasteiger partial charge in [-0.25, -0.2) is 0 Å². The molecule has 6 nitrogen and oxygen atoms in total. The second kappa shape index (κ2) is 7.68. The molecule has 27 heavy (non-hydrogen) atoms. The molecule has 140 valence electrons. The van der Waals surface area contributed by atoms with Crippen LogP contribution in [0, 0.1) is 0 Å². The van der Waals surface area contributed by atoms with Gasteiger partial charge < -0.3 is 9.80 Å². The first-order valence-electron chi connectivity index (χ1n) is 9.06. The molecule has 0 spiro atoms. The van der Waals surface area contributed by atoms with Crippen LogP contribution in [0.1, 0.15) is 28.4 Å². The minimum atomic E-state index is -0.124. The largest absolute Gasteiger partial charge is 0.328 e. The Bertz CT molecular complexity index is 849. The second-order valence-electron chi connectivity index (χ2n) is 6.76. The van der Waals surface area contributed by atoms with E-state index in [-0.39, 0.29) is 24.4 Å². The van der Waals surface area contributed by atoms with Crippen LogP contribution in [0.4, 0.5) is 5.69 Å². The highest BCUT2D eigenvalue weighted by Gasteiger charge is 2.29. The molecule has 2 heterocycles. The van der Waals surface area contributed by atoms with E-state index in [4.69, 9.17) is 11.6 Å². The number of hydrogen-bond acceptors (Lipinski definition) is 4. The summed E-state index contributed by atoms with van der Waals surface area (Å²) in [6, 6.07) is 15.2. The molecule has 2 aromatic carbocycles. The topological polar surface area (TPSA) is 64.7 Å². The van der Waals surface area contributed by atoms with E-state index in [9.17, 15) is 9.59 Å². The maximum absolute atomic E-state index is 12.8. The van der Waals surface area contributed by atoms with Gasteiger partial charge in [0, 0.05) is 31.2 Å². The molecule has 2 fully saturated rings. The zero-order valence-electron chi connectivity index (χ0n) is 14.8. The van der Waals surface area contributed by atoms with Crippen molar-refractivity contribution in [2.45, 2.75) is 12.5 Å². The molecule has 0 bridgehead atoms. The number of hydrogen-bond donors (Lipinski definition) is 2. The Kier molecular flexibility index (Phi) is 5.11. The Hall–Kier alpha value is -2.41. The summed E-state index contributed by atoms with van der Waals surface area (Å²) in [5, 5.41) is 0.538. The van der Waals surface area contributed by atoms with Crippen LogP contribution in [0.25, 0.3) is 0 Å². The average Bonchev–Trinajstić information content (AvgIpc) is 3.23. The average molecular weight is 385 g/mol. The summed E-state index contributed by atoms with van der Waals surface area (Å²) in [5.41, 5.74) is 8.76. The molecule has 2 aromatic rings. The van der Waals surface area contributed by atoms with Crippen molar-refractivity contribution in [1.29, 1.82) is 0 Å². The van der Waals surface area contributed by atoms with E-state index in [1.165, 1.54) is 0 Å². The molecule has 0 aromatic heterocycles. The van der Waals surface area contributed by atoms with Crippen molar-refractivity contribution in [3.63, 3.8) is 0 Å². The van der Waals surface area contributed by atoms with Crippen molar-refractivity contribution >= 4 is 29.1 Å². The smallest absolute Gasteiger partial charge is 0.254 e. The van der Waals surface area contributed by atoms with Crippen LogP contribution in [-0.4, -0.2) is 42.9 Å².